The monoisotopic (exact) mass is 232 g/mol. The second kappa shape index (κ2) is 4.88. The number of fused-ring (bicyclic) bond motifs is 1. The first-order valence-electron chi connectivity index (χ1n) is 6.11. The lowest BCUT2D eigenvalue weighted by molar-refractivity contribution is 0.117. The van der Waals surface area contributed by atoms with Crippen molar-refractivity contribution in [3.05, 3.63) is 29.6 Å². The summed E-state index contributed by atoms with van der Waals surface area (Å²) in [5.41, 5.74) is 3.50. The van der Waals surface area contributed by atoms with E-state index in [1.807, 2.05) is 6.92 Å². The third-order valence-corrected chi connectivity index (χ3v) is 3.10. The summed E-state index contributed by atoms with van der Waals surface area (Å²) < 4.78 is 5.25. The lowest BCUT2D eigenvalue weighted by Crippen LogP contribution is -2.09. The van der Waals surface area contributed by atoms with Gasteiger partial charge in [-0.3, -0.25) is 0 Å². The van der Waals surface area contributed by atoms with E-state index in [2.05, 4.69) is 42.0 Å². The zero-order valence-electron chi connectivity index (χ0n) is 10.9. The molecule has 92 valence electrons. The molecule has 1 heterocycles. The molecule has 3 nitrogen and oxygen atoms in total. The Kier molecular flexibility index (Phi) is 3.48. The van der Waals surface area contributed by atoms with Gasteiger partial charge in [0.1, 0.15) is 5.82 Å². The van der Waals surface area contributed by atoms with E-state index in [1.165, 1.54) is 5.56 Å². The molecule has 0 aliphatic heterocycles. The van der Waals surface area contributed by atoms with Gasteiger partial charge in [0.25, 0.3) is 0 Å². The van der Waals surface area contributed by atoms with E-state index >= 15 is 0 Å². The van der Waals surface area contributed by atoms with E-state index in [4.69, 9.17) is 4.74 Å². The van der Waals surface area contributed by atoms with Crippen LogP contribution < -0.4 is 0 Å². The van der Waals surface area contributed by atoms with Crippen LogP contribution in [0, 0.1) is 0 Å². The van der Waals surface area contributed by atoms with Gasteiger partial charge in [-0.2, -0.15) is 0 Å². The third kappa shape index (κ3) is 2.67. The number of nitrogens with one attached hydrogen (secondary N) is 1. The molecule has 1 aromatic carbocycles. The Labute approximate surface area is 102 Å². The first-order chi connectivity index (χ1) is 8.10. The summed E-state index contributed by atoms with van der Waals surface area (Å²) in [6.07, 6.45) is 1.02. The predicted octanol–water partition coefficient (Wildman–Crippen LogP) is 3.26. The Morgan fingerprint density at radius 2 is 2.06 bits per heavy atom. The van der Waals surface area contributed by atoms with E-state index in [0.717, 1.165) is 23.3 Å². The Morgan fingerprint density at radius 1 is 1.29 bits per heavy atom. The van der Waals surface area contributed by atoms with Crippen molar-refractivity contribution < 1.29 is 4.74 Å². The number of rotatable bonds is 4. The summed E-state index contributed by atoms with van der Waals surface area (Å²) in [5.74, 6) is 1.54. The van der Waals surface area contributed by atoms with Crippen LogP contribution >= 0.6 is 0 Å². The normalized spacial score (nSPS) is 13.5. The number of aromatic amines is 1. The number of aromatic nitrogens is 2. The van der Waals surface area contributed by atoms with Gasteiger partial charge in [0.2, 0.25) is 0 Å². The lowest BCUT2D eigenvalue weighted by atomic mass is 10.0. The van der Waals surface area contributed by atoms with E-state index < -0.39 is 0 Å². The molecule has 0 spiro atoms. The highest BCUT2D eigenvalue weighted by Crippen LogP contribution is 2.20. The van der Waals surface area contributed by atoms with Crippen LogP contribution in [0.5, 0.6) is 0 Å². The topological polar surface area (TPSA) is 37.9 Å². The molecule has 0 fully saturated rings. The van der Waals surface area contributed by atoms with Gasteiger partial charge in [-0.05, 0) is 30.5 Å². The van der Waals surface area contributed by atoms with E-state index in [-0.39, 0.29) is 6.10 Å². The number of imidazole rings is 1. The fraction of sp³-hybridized carbons (Fsp3) is 0.500. The fourth-order valence-electron chi connectivity index (χ4n) is 1.89. The molecule has 17 heavy (non-hydrogen) atoms. The molecule has 0 aliphatic carbocycles. The predicted molar refractivity (Wildman–Crippen MR) is 70.4 cm³/mol. The minimum absolute atomic E-state index is 0.195. The highest BCUT2D eigenvalue weighted by atomic mass is 16.5. The highest BCUT2D eigenvalue weighted by Gasteiger charge is 2.08. The van der Waals surface area contributed by atoms with Crippen molar-refractivity contribution >= 4 is 11.0 Å². The van der Waals surface area contributed by atoms with Crippen LogP contribution in [0.15, 0.2) is 18.2 Å². The molecule has 2 aromatic rings. The summed E-state index contributed by atoms with van der Waals surface area (Å²) in [7, 11) is 1.73. The Balaban J connectivity index is 2.30. The van der Waals surface area contributed by atoms with Gasteiger partial charge in [-0.25, -0.2) is 4.98 Å². The van der Waals surface area contributed by atoms with Crippen molar-refractivity contribution in [2.45, 2.75) is 39.2 Å². The fourth-order valence-corrected chi connectivity index (χ4v) is 1.89. The smallest absolute Gasteiger partial charge is 0.109 e. The Bertz CT molecular complexity index is 502. The molecule has 1 N–H and O–H groups in total. The maximum absolute atomic E-state index is 5.25. The van der Waals surface area contributed by atoms with Gasteiger partial charge in [-0.15, -0.1) is 0 Å². The van der Waals surface area contributed by atoms with Crippen molar-refractivity contribution in [2.24, 2.45) is 0 Å². The van der Waals surface area contributed by atoms with Gasteiger partial charge in [0.15, 0.2) is 0 Å². The molecule has 0 radical (unpaired) electrons. The minimum atomic E-state index is 0.195. The average Bonchev–Trinajstić information content (AvgIpc) is 2.69. The average molecular weight is 232 g/mol. The largest absolute Gasteiger partial charge is 0.381 e. The molecule has 1 atom stereocenters. The van der Waals surface area contributed by atoms with Crippen molar-refractivity contribution in [3.8, 4) is 0 Å². The molecular weight excluding hydrogens is 212 g/mol. The van der Waals surface area contributed by atoms with Crippen LogP contribution in [0.1, 0.15) is 38.1 Å². The lowest BCUT2D eigenvalue weighted by Gasteiger charge is -2.05. The molecule has 0 aliphatic rings. The summed E-state index contributed by atoms with van der Waals surface area (Å²) in [5, 5.41) is 0. The zero-order valence-corrected chi connectivity index (χ0v) is 10.9. The van der Waals surface area contributed by atoms with E-state index in [0.29, 0.717) is 5.92 Å². The standard InChI is InChI=1S/C14H20N2O/c1-9(2)11-5-6-12-13(8-11)16-14(15-12)7-10(3)17-4/h5-6,8-10H,7H2,1-4H3,(H,15,16). The molecule has 0 saturated heterocycles. The van der Waals surface area contributed by atoms with Crippen LogP contribution in [0.4, 0.5) is 0 Å². The highest BCUT2D eigenvalue weighted by molar-refractivity contribution is 5.76. The van der Waals surface area contributed by atoms with Crippen LogP contribution in [0.25, 0.3) is 11.0 Å². The molecule has 2 rings (SSSR count). The third-order valence-electron chi connectivity index (χ3n) is 3.10. The van der Waals surface area contributed by atoms with Gasteiger partial charge < -0.3 is 9.72 Å². The second-order valence-electron chi connectivity index (χ2n) is 4.87. The summed E-state index contributed by atoms with van der Waals surface area (Å²) in [6.45, 7) is 6.45. The molecule has 0 saturated carbocycles. The number of methoxy groups -OCH3 is 1. The van der Waals surface area contributed by atoms with Crippen LogP contribution in [-0.4, -0.2) is 23.2 Å². The van der Waals surface area contributed by atoms with Crippen LogP contribution in [0.2, 0.25) is 0 Å². The number of hydrogen-bond donors (Lipinski definition) is 1. The van der Waals surface area contributed by atoms with E-state index in [9.17, 15) is 0 Å². The van der Waals surface area contributed by atoms with Gasteiger partial charge in [0, 0.05) is 13.5 Å². The van der Waals surface area contributed by atoms with Gasteiger partial charge >= 0.3 is 0 Å². The van der Waals surface area contributed by atoms with Gasteiger partial charge in [0.05, 0.1) is 17.1 Å². The number of H-pyrrole nitrogens is 1. The number of benzene rings is 1. The molecule has 1 unspecified atom stereocenters. The number of ether oxygens (including phenoxy) is 1. The van der Waals surface area contributed by atoms with Crippen LogP contribution in [0.3, 0.4) is 0 Å². The molecule has 0 amide bonds. The van der Waals surface area contributed by atoms with Gasteiger partial charge in [-0.1, -0.05) is 19.9 Å². The van der Waals surface area contributed by atoms with Crippen molar-refractivity contribution in [2.75, 3.05) is 7.11 Å². The van der Waals surface area contributed by atoms with Crippen molar-refractivity contribution in [1.82, 2.24) is 9.97 Å². The maximum Gasteiger partial charge on any atom is 0.109 e. The summed E-state index contributed by atoms with van der Waals surface area (Å²) in [4.78, 5) is 7.93. The quantitative estimate of drug-likeness (QED) is 0.878. The minimum Gasteiger partial charge on any atom is -0.381 e. The van der Waals surface area contributed by atoms with Crippen molar-refractivity contribution in [3.63, 3.8) is 0 Å². The molecule has 3 heteroatoms. The first kappa shape index (κ1) is 12.1. The maximum atomic E-state index is 5.25. The number of hydrogen-bond acceptors (Lipinski definition) is 2. The second-order valence-corrected chi connectivity index (χ2v) is 4.87. The van der Waals surface area contributed by atoms with Crippen LogP contribution in [-0.2, 0) is 11.2 Å². The summed E-state index contributed by atoms with van der Waals surface area (Å²) >= 11 is 0. The van der Waals surface area contributed by atoms with Crippen molar-refractivity contribution in [1.29, 1.82) is 0 Å². The first-order valence-corrected chi connectivity index (χ1v) is 6.11. The molecule has 0 bridgehead atoms. The SMILES string of the molecule is COC(C)Cc1nc2ccc(C(C)C)cc2[nH]1. The molecule has 1 aromatic heterocycles. The van der Waals surface area contributed by atoms with E-state index in [1.54, 1.807) is 7.11 Å². The number of nitrogens with zero attached hydrogens (tertiary/aromatic N) is 1. The summed E-state index contributed by atoms with van der Waals surface area (Å²) in [6, 6.07) is 6.42. The Morgan fingerprint density at radius 3 is 2.71 bits per heavy atom. The molecular formula is C14H20N2O. The zero-order chi connectivity index (χ0) is 12.4. The Hall–Kier alpha value is -1.35.